The third-order valence-corrected chi connectivity index (χ3v) is 4.88. The summed E-state index contributed by atoms with van der Waals surface area (Å²) in [6.45, 7) is 0.699. The Kier molecular flexibility index (Phi) is 2.53. The molecule has 0 aliphatic heterocycles. The van der Waals surface area contributed by atoms with Crippen LogP contribution in [0.1, 0.15) is 17.7 Å². The molecule has 0 unspecified atom stereocenters. The van der Waals surface area contributed by atoms with Gasteiger partial charge in [-0.2, -0.15) is 0 Å². The van der Waals surface area contributed by atoms with E-state index in [2.05, 4.69) is 6.07 Å². The second-order valence-corrected chi connectivity index (χ2v) is 5.71. The van der Waals surface area contributed by atoms with Crippen LogP contribution in [0.3, 0.4) is 0 Å². The van der Waals surface area contributed by atoms with Crippen molar-refractivity contribution in [2.75, 3.05) is 6.54 Å². The van der Waals surface area contributed by atoms with Crippen LogP contribution in [0.2, 0.25) is 0 Å². The number of thiophene rings is 1. The molecular weight excluding hydrogens is 233 g/mol. The lowest BCUT2D eigenvalue weighted by Crippen LogP contribution is -2.18. The molecule has 0 radical (unpaired) electrons. The quantitative estimate of drug-likeness (QED) is 0.882. The summed E-state index contributed by atoms with van der Waals surface area (Å²) in [5.41, 5.74) is 6.71. The van der Waals surface area contributed by atoms with Gasteiger partial charge < -0.3 is 5.73 Å². The van der Waals surface area contributed by atoms with Gasteiger partial charge in [0.15, 0.2) is 0 Å². The van der Waals surface area contributed by atoms with Crippen LogP contribution >= 0.6 is 11.3 Å². The summed E-state index contributed by atoms with van der Waals surface area (Å²) in [5, 5.41) is 0. The second-order valence-electron chi connectivity index (χ2n) is 4.63. The minimum atomic E-state index is -0.154. The number of nitrogens with two attached hydrogens (primary N) is 1. The molecule has 1 nitrogen and oxygen atoms in total. The molecule has 1 aliphatic rings. The van der Waals surface area contributed by atoms with Gasteiger partial charge in [0.1, 0.15) is 5.82 Å². The van der Waals surface area contributed by atoms with Gasteiger partial charge in [0.25, 0.3) is 0 Å². The van der Waals surface area contributed by atoms with Crippen molar-refractivity contribution in [3.63, 3.8) is 0 Å². The molecule has 0 spiro atoms. The SMILES string of the molecule is NCC1(c2ccc(-c3ccccc3F)s2)CC1. The third kappa shape index (κ3) is 1.79. The lowest BCUT2D eigenvalue weighted by atomic mass is 10.1. The maximum absolute atomic E-state index is 13.7. The summed E-state index contributed by atoms with van der Waals surface area (Å²) in [7, 11) is 0. The Morgan fingerprint density at radius 1 is 1.18 bits per heavy atom. The van der Waals surface area contributed by atoms with Gasteiger partial charge >= 0.3 is 0 Å². The summed E-state index contributed by atoms with van der Waals surface area (Å²) < 4.78 is 13.7. The van der Waals surface area contributed by atoms with Gasteiger partial charge in [0.2, 0.25) is 0 Å². The summed E-state index contributed by atoms with van der Waals surface area (Å²) in [6.07, 6.45) is 2.33. The summed E-state index contributed by atoms with van der Waals surface area (Å²) in [6, 6.07) is 11.0. The average molecular weight is 247 g/mol. The Morgan fingerprint density at radius 2 is 1.94 bits per heavy atom. The molecule has 1 aliphatic carbocycles. The van der Waals surface area contributed by atoms with Crippen LogP contribution in [-0.4, -0.2) is 6.54 Å². The van der Waals surface area contributed by atoms with E-state index in [1.54, 1.807) is 17.4 Å². The van der Waals surface area contributed by atoms with Crippen molar-refractivity contribution in [3.05, 3.63) is 47.1 Å². The monoisotopic (exact) mass is 247 g/mol. The molecule has 1 aromatic heterocycles. The predicted molar refractivity (Wildman–Crippen MR) is 69.7 cm³/mol. The lowest BCUT2D eigenvalue weighted by molar-refractivity contribution is 0.631. The minimum absolute atomic E-state index is 0.154. The van der Waals surface area contributed by atoms with Gasteiger partial charge in [-0.3, -0.25) is 0 Å². The van der Waals surface area contributed by atoms with Crippen molar-refractivity contribution < 1.29 is 4.39 Å². The topological polar surface area (TPSA) is 26.0 Å². The first-order valence-corrected chi connectivity index (χ1v) is 6.62. The number of halogens is 1. The molecule has 88 valence electrons. The highest BCUT2D eigenvalue weighted by Crippen LogP contribution is 2.50. The molecule has 1 fully saturated rings. The third-order valence-electron chi connectivity index (χ3n) is 3.51. The van der Waals surface area contributed by atoms with Crippen molar-refractivity contribution >= 4 is 11.3 Å². The first-order chi connectivity index (χ1) is 8.25. The van der Waals surface area contributed by atoms with E-state index in [1.165, 1.54) is 23.8 Å². The molecule has 1 saturated carbocycles. The summed E-state index contributed by atoms with van der Waals surface area (Å²) >= 11 is 1.67. The number of benzene rings is 1. The highest BCUT2D eigenvalue weighted by Gasteiger charge is 2.44. The second kappa shape index (κ2) is 3.93. The lowest BCUT2D eigenvalue weighted by Gasteiger charge is -2.08. The van der Waals surface area contributed by atoms with E-state index >= 15 is 0 Å². The van der Waals surface area contributed by atoms with Crippen LogP contribution in [0.25, 0.3) is 10.4 Å². The van der Waals surface area contributed by atoms with Gasteiger partial charge in [-0.15, -0.1) is 11.3 Å². The number of rotatable bonds is 3. The molecule has 0 bridgehead atoms. The van der Waals surface area contributed by atoms with E-state index in [-0.39, 0.29) is 11.2 Å². The van der Waals surface area contributed by atoms with Crippen LogP contribution < -0.4 is 5.73 Å². The fraction of sp³-hybridized carbons (Fsp3) is 0.286. The zero-order chi connectivity index (χ0) is 11.9. The van der Waals surface area contributed by atoms with Crippen LogP contribution in [0.5, 0.6) is 0 Å². The maximum atomic E-state index is 13.7. The maximum Gasteiger partial charge on any atom is 0.131 e. The zero-order valence-electron chi connectivity index (χ0n) is 9.45. The van der Waals surface area contributed by atoms with Gasteiger partial charge in [-0.1, -0.05) is 18.2 Å². The van der Waals surface area contributed by atoms with Crippen molar-refractivity contribution in [2.24, 2.45) is 5.73 Å². The summed E-state index contributed by atoms with van der Waals surface area (Å²) in [5.74, 6) is -0.154. The fourth-order valence-electron chi connectivity index (χ4n) is 2.13. The van der Waals surface area contributed by atoms with Crippen LogP contribution in [0, 0.1) is 5.82 Å². The molecule has 0 amide bonds. The van der Waals surface area contributed by atoms with Crippen molar-refractivity contribution in [1.82, 2.24) is 0 Å². The molecule has 0 saturated heterocycles. The fourth-order valence-corrected chi connectivity index (χ4v) is 3.42. The largest absolute Gasteiger partial charge is 0.330 e. The van der Waals surface area contributed by atoms with Gasteiger partial charge in [-0.25, -0.2) is 4.39 Å². The molecule has 0 atom stereocenters. The molecule has 17 heavy (non-hydrogen) atoms. The Labute approximate surface area is 104 Å². The average Bonchev–Trinajstić information content (AvgIpc) is 3.00. The zero-order valence-corrected chi connectivity index (χ0v) is 10.3. The van der Waals surface area contributed by atoms with E-state index in [0.29, 0.717) is 12.1 Å². The molecular formula is C14H14FNS. The Balaban J connectivity index is 1.99. The van der Waals surface area contributed by atoms with E-state index in [9.17, 15) is 4.39 Å². The number of hydrogen-bond acceptors (Lipinski definition) is 2. The summed E-state index contributed by atoms with van der Waals surface area (Å²) in [4.78, 5) is 2.30. The van der Waals surface area contributed by atoms with Crippen LogP contribution in [0.15, 0.2) is 36.4 Å². The minimum Gasteiger partial charge on any atom is -0.330 e. The van der Waals surface area contributed by atoms with Crippen molar-refractivity contribution in [2.45, 2.75) is 18.3 Å². The van der Waals surface area contributed by atoms with Crippen molar-refractivity contribution in [1.29, 1.82) is 0 Å². The van der Waals surface area contributed by atoms with Crippen LogP contribution in [-0.2, 0) is 5.41 Å². The first-order valence-electron chi connectivity index (χ1n) is 5.80. The Hall–Kier alpha value is -1.19. The highest BCUT2D eigenvalue weighted by molar-refractivity contribution is 7.15. The van der Waals surface area contributed by atoms with E-state index in [1.807, 2.05) is 18.2 Å². The van der Waals surface area contributed by atoms with E-state index < -0.39 is 0 Å². The molecule has 1 aromatic carbocycles. The van der Waals surface area contributed by atoms with Gasteiger partial charge in [0, 0.05) is 27.3 Å². The normalized spacial score (nSPS) is 17.1. The van der Waals surface area contributed by atoms with E-state index in [4.69, 9.17) is 5.73 Å². The molecule has 2 N–H and O–H groups in total. The standard InChI is InChI=1S/C14H14FNS/c15-11-4-2-1-3-10(11)12-5-6-13(17-12)14(9-16)7-8-14/h1-6H,7-9,16H2. The molecule has 3 heteroatoms. The Bertz CT molecular complexity index is 543. The number of hydrogen-bond donors (Lipinski definition) is 1. The smallest absolute Gasteiger partial charge is 0.131 e. The van der Waals surface area contributed by atoms with Gasteiger partial charge in [-0.05, 0) is 31.0 Å². The van der Waals surface area contributed by atoms with Crippen molar-refractivity contribution in [3.8, 4) is 10.4 Å². The molecule has 3 rings (SSSR count). The molecule has 1 heterocycles. The Morgan fingerprint density at radius 3 is 2.59 bits per heavy atom. The van der Waals surface area contributed by atoms with Crippen LogP contribution in [0.4, 0.5) is 4.39 Å². The predicted octanol–water partition coefficient (Wildman–Crippen LogP) is 3.54. The highest BCUT2D eigenvalue weighted by atomic mass is 32.1. The van der Waals surface area contributed by atoms with Gasteiger partial charge in [0.05, 0.1) is 0 Å². The first kappa shape index (κ1) is 10.9. The van der Waals surface area contributed by atoms with E-state index in [0.717, 1.165) is 4.88 Å². The molecule has 2 aromatic rings.